The molecule has 0 aromatic rings. The molecule has 2 fully saturated rings. The van der Waals surface area contributed by atoms with Crippen LogP contribution >= 0.6 is 0 Å². The maximum absolute atomic E-state index is 12.1. The van der Waals surface area contributed by atoms with Gasteiger partial charge < -0.3 is 10.1 Å². The average molecular weight is 239 g/mol. The molecule has 98 valence electrons. The average Bonchev–Trinajstić information content (AvgIpc) is 2.62. The maximum Gasteiger partial charge on any atom is 0.310 e. The van der Waals surface area contributed by atoms with Crippen LogP contribution in [0.2, 0.25) is 0 Å². The predicted molar refractivity (Wildman–Crippen MR) is 67.6 cm³/mol. The van der Waals surface area contributed by atoms with Crippen molar-refractivity contribution in [3.63, 3.8) is 0 Å². The third-order valence-electron chi connectivity index (χ3n) is 4.25. The van der Waals surface area contributed by atoms with Crippen LogP contribution in [0.25, 0.3) is 0 Å². The Morgan fingerprint density at radius 1 is 1.12 bits per heavy atom. The Hall–Kier alpha value is -0.570. The summed E-state index contributed by atoms with van der Waals surface area (Å²) in [6.07, 6.45) is 4.46. The van der Waals surface area contributed by atoms with E-state index in [1.165, 1.54) is 6.42 Å². The molecule has 3 heteroatoms. The van der Waals surface area contributed by atoms with Gasteiger partial charge in [0, 0.05) is 6.04 Å². The first kappa shape index (κ1) is 12.9. The number of ether oxygens (including phenoxy) is 1. The van der Waals surface area contributed by atoms with Crippen molar-refractivity contribution in [2.24, 2.45) is 17.8 Å². The summed E-state index contributed by atoms with van der Waals surface area (Å²) in [5.41, 5.74) is 0. The van der Waals surface area contributed by atoms with Crippen LogP contribution in [0.3, 0.4) is 0 Å². The van der Waals surface area contributed by atoms with Crippen LogP contribution in [0.1, 0.15) is 46.5 Å². The van der Waals surface area contributed by atoms with E-state index in [0.29, 0.717) is 11.8 Å². The van der Waals surface area contributed by atoms with Gasteiger partial charge in [-0.25, -0.2) is 0 Å². The van der Waals surface area contributed by atoms with E-state index in [9.17, 15) is 4.79 Å². The van der Waals surface area contributed by atoms with Gasteiger partial charge in [-0.15, -0.1) is 0 Å². The zero-order valence-electron chi connectivity index (χ0n) is 11.2. The van der Waals surface area contributed by atoms with Gasteiger partial charge in [-0.1, -0.05) is 13.8 Å². The van der Waals surface area contributed by atoms with Gasteiger partial charge in [0.05, 0.1) is 5.92 Å². The molecule has 0 bridgehead atoms. The molecule has 2 aliphatic rings. The standard InChI is InChI=1S/C14H25NO2/c1-9-6-10(2)8-12(7-9)17-14(16)13-4-5-15-11(13)3/h9-13,15H,4-8H2,1-3H3. The topological polar surface area (TPSA) is 38.3 Å². The van der Waals surface area contributed by atoms with E-state index in [2.05, 4.69) is 26.1 Å². The van der Waals surface area contributed by atoms with Crippen LogP contribution in [0.4, 0.5) is 0 Å². The highest BCUT2D eigenvalue weighted by molar-refractivity contribution is 5.73. The van der Waals surface area contributed by atoms with Gasteiger partial charge in [0.2, 0.25) is 0 Å². The van der Waals surface area contributed by atoms with Gasteiger partial charge in [-0.3, -0.25) is 4.79 Å². The maximum atomic E-state index is 12.1. The molecule has 1 aliphatic carbocycles. The van der Waals surface area contributed by atoms with Gasteiger partial charge in [0.15, 0.2) is 0 Å². The molecular formula is C14H25NO2. The lowest BCUT2D eigenvalue weighted by molar-refractivity contribution is -0.157. The molecule has 1 saturated carbocycles. The molecule has 1 heterocycles. The van der Waals surface area contributed by atoms with Crippen molar-refractivity contribution in [3.05, 3.63) is 0 Å². The fourth-order valence-electron chi connectivity index (χ4n) is 3.40. The molecular weight excluding hydrogens is 214 g/mol. The zero-order valence-corrected chi connectivity index (χ0v) is 11.2. The molecule has 3 nitrogen and oxygen atoms in total. The molecule has 0 amide bonds. The van der Waals surface area contributed by atoms with Crippen molar-refractivity contribution in [1.82, 2.24) is 5.32 Å². The number of carbonyl (C=O) groups is 1. The summed E-state index contributed by atoms with van der Waals surface area (Å²) in [7, 11) is 0. The molecule has 4 unspecified atom stereocenters. The first-order valence-electron chi connectivity index (χ1n) is 7.00. The Bertz CT molecular complexity index is 269. The van der Waals surface area contributed by atoms with Gasteiger partial charge in [0.25, 0.3) is 0 Å². The van der Waals surface area contributed by atoms with Crippen molar-refractivity contribution in [2.75, 3.05) is 6.54 Å². The summed E-state index contributed by atoms with van der Waals surface area (Å²) in [6.45, 7) is 7.54. The van der Waals surface area contributed by atoms with Crippen LogP contribution < -0.4 is 5.32 Å². The zero-order chi connectivity index (χ0) is 12.4. The predicted octanol–water partition coefficient (Wildman–Crippen LogP) is 2.35. The number of hydrogen-bond acceptors (Lipinski definition) is 3. The first-order chi connectivity index (χ1) is 8.06. The normalized spacial score (nSPS) is 42.4. The van der Waals surface area contributed by atoms with E-state index in [1.807, 2.05) is 0 Å². The number of rotatable bonds is 2. The smallest absolute Gasteiger partial charge is 0.310 e. The lowest BCUT2D eigenvalue weighted by Crippen LogP contribution is -2.34. The fraction of sp³-hybridized carbons (Fsp3) is 0.929. The van der Waals surface area contributed by atoms with Gasteiger partial charge in [-0.05, 0) is 51.0 Å². The van der Waals surface area contributed by atoms with Crippen molar-refractivity contribution in [3.8, 4) is 0 Å². The molecule has 0 aromatic heterocycles. The third-order valence-corrected chi connectivity index (χ3v) is 4.25. The molecule has 1 N–H and O–H groups in total. The summed E-state index contributed by atoms with van der Waals surface area (Å²) >= 11 is 0. The fourth-order valence-corrected chi connectivity index (χ4v) is 3.40. The number of esters is 1. The summed E-state index contributed by atoms with van der Waals surface area (Å²) in [6, 6.07) is 0.279. The summed E-state index contributed by atoms with van der Waals surface area (Å²) in [5.74, 6) is 1.47. The second-order valence-corrected chi connectivity index (χ2v) is 6.11. The first-order valence-corrected chi connectivity index (χ1v) is 7.00. The van der Waals surface area contributed by atoms with Gasteiger partial charge in [0.1, 0.15) is 6.10 Å². The minimum Gasteiger partial charge on any atom is -0.462 e. The number of hydrogen-bond donors (Lipinski definition) is 1. The second kappa shape index (κ2) is 5.38. The molecule has 0 radical (unpaired) electrons. The molecule has 2 rings (SSSR count). The summed E-state index contributed by atoms with van der Waals surface area (Å²) in [4.78, 5) is 12.1. The van der Waals surface area contributed by atoms with Gasteiger partial charge in [-0.2, -0.15) is 0 Å². The van der Waals surface area contributed by atoms with Gasteiger partial charge >= 0.3 is 5.97 Å². The van der Waals surface area contributed by atoms with Crippen LogP contribution in [0, 0.1) is 17.8 Å². The Balaban J connectivity index is 1.85. The molecule has 4 atom stereocenters. The Kier molecular flexibility index (Phi) is 4.08. The second-order valence-electron chi connectivity index (χ2n) is 6.11. The van der Waals surface area contributed by atoms with Crippen LogP contribution in [0.5, 0.6) is 0 Å². The van der Waals surface area contributed by atoms with Crippen molar-refractivity contribution < 1.29 is 9.53 Å². The molecule has 1 saturated heterocycles. The molecule has 0 spiro atoms. The van der Waals surface area contributed by atoms with E-state index in [0.717, 1.165) is 25.8 Å². The highest BCUT2D eigenvalue weighted by atomic mass is 16.5. The quantitative estimate of drug-likeness (QED) is 0.752. The van der Waals surface area contributed by atoms with Crippen molar-refractivity contribution >= 4 is 5.97 Å². The van der Waals surface area contributed by atoms with E-state index >= 15 is 0 Å². The van der Waals surface area contributed by atoms with Crippen LogP contribution in [0.15, 0.2) is 0 Å². The molecule has 0 aromatic carbocycles. The van der Waals surface area contributed by atoms with E-state index in [1.54, 1.807) is 0 Å². The van der Waals surface area contributed by atoms with E-state index < -0.39 is 0 Å². The minimum atomic E-state index is 0.0220. The lowest BCUT2D eigenvalue weighted by atomic mass is 9.81. The van der Waals surface area contributed by atoms with Crippen LogP contribution in [-0.4, -0.2) is 24.7 Å². The summed E-state index contributed by atoms with van der Waals surface area (Å²) in [5, 5.41) is 3.30. The summed E-state index contributed by atoms with van der Waals surface area (Å²) < 4.78 is 5.71. The third kappa shape index (κ3) is 3.21. The molecule has 17 heavy (non-hydrogen) atoms. The van der Waals surface area contributed by atoms with Crippen LogP contribution in [-0.2, 0) is 9.53 Å². The lowest BCUT2D eigenvalue weighted by Gasteiger charge is -2.32. The van der Waals surface area contributed by atoms with E-state index in [-0.39, 0.29) is 24.0 Å². The highest BCUT2D eigenvalue weighted by Crippen LogP contribution is 2.31. The Morgan fingerprint density at radius 3 is 2.29 bits per heavy atom. The Labute approximate surface area is 104 Å². The van der Waals surface area contributed by atoms with Crippen molar-refractivity contribution in [1.29, 1.82) is 0 Å². The SMILES string of the molecule is CC1CC(C)CC(OC(=O)C2CCNC2C)C1. The minimum absolute atomic E-state index is 0.0220. The Morgan fingerprint density at radius 2 is 1.76 bits per heavy atom. The number of nitrogens with one attached hydrogen (secondary N) is 1. The largest absolute Gasteiger partial charge is 0.462 e. The van der Waals surface area contributed by atoms with Crippen molar-refractivity contribution in [2.45, 2.75) is 58.6 Å². The molecule has 1 aliphatic heterocycles. The monoisotopic (exact) mass is 239 g/mol. The highest BCUT2D eigenvalue weighted by Gasteiger charge is 2.34. The van der Waals surface area contributed by atoms with E-state index in [4.69, 9.17) is 4.74 Å². The number of carbonyl (C=O) groups excluding carboxylic acids is 1.